The summed E-state index contributed by atoms with van der Waals surface area (Å²) in [5.41, 5.74) is 0.705. The van der Waals surface area contributed by atoms with Crippen LogP contribution in [-0.2, 0) is 11.3 Å². The zero-order valence-corrected chi connectivity index (χ0v) is 14.4. The number of hydrogen-bond acceptors (Lipinski definition) is 3. The number of rotatable bonds is 6. The molecule has 0 saturated heterocycles. The first-order valence-corrected chi connectivity index (χ1v) is 8.18. The number of para-hydroxylation sites is 2. The summed E-state index contributed by atoms with van der Waals surface area (Å²) in [6.07, 6.45) is 0. The van der Waals surface area contributed by atoms with Crippen LogP contribution in [0, 0.1) is 0 Å². The van der Waals surface area contributed by atoms with Crippen LogP contribution in [0.1, 0.15) is 4.88 Å². The summed E-state index contributed by atoms with van der Waals surface area (Å²) < 4.78 is 6.34. The van der Waals surface area contributed by atoms with Crippen LogP contribution in [0.25, 0.3) is 0 Å². The quantitative estimate of drug-likeness (QED) is 0.819. The lowest BCUT2D eigenvalue weighted by molar-refractivity contribution is -0.884. The van der Waals surface area contributed by atoms with Crippen molar-refractivity contribution in [2.24, 2.45) is 0 Å². The minimum absolute atomic E-state index is 0.0207. The maximum atomic E-state index is 12.1. The van der Waals surface area contributed by atoms with Gasteiger partial charge >= 0.3 is 0 Å². The topological polar surface area (TPSA) is 42.8 Å². The van der Waals surface area contributed by atoms with Gasteiger partial charge in [-0.15, -0.1) is 11.3 Å². The fraction of sp³-hybridized carbons (Fsp3) is 0.267. The third kappa shape index (κ3) is 4.84. The van der Waals surface area contributed by atoms with Crippen LogP contribution in [0.3, 0.4) is 0 Å². The van der Waals surface area contributed by atoms with Crippen molar-refractivity contribution in [2.45, 2.75) is 6.54 Å². The van der Waals surface area contributed by atoms with E-state index < -0.39 is 0 Å². The highest BCUT2D eigenvalue weighted by Gasteiger charge is 2.13. The predicted molar refractivity (Wildman–Crippen MR) is 89.1 cm³/mol. The van der Waals surface area contributed by atoms with Gasteiger partial charge in [-0.3, -0.25) is 4.79 Å². The minimum atomic E-state index is -0.0207. The van der Waals surface area contributed by atoms with E-state index in [1.807, 2.05) is 37.4 Å². The molecule has 0 saturated carbocycles. The number of ether oxygens (including phenoxy) is 1. The van der Waals surface area contributed by atoms with Crippen molar-refractivity contribution in [3.8, 4) is 5.75 Å². The van der Waals surface area contributed by atoms with E-state index in [0.717, 1.165) is 15.2 Å². The Hall–Kier alpha value is -1.37. The molecule has 0 spiro atoms. The van der Waals surface area contributed by atoms with Crippen molar-refractivity contribution < 1.29 is 14.4 Å². The van der Waals surface area contributed by atoms with Crippen molar-refractivity contribution in [3.05, 3.63) is 45.1 Å². The van der Waals surface area contributed by atoms with Gasteiger partial charge in [-0.05, 0) is 40.2 Å². The number of hydrogen-bond donors (Lipinski definition) is 2. The molecule has 1 atom stereocenters. The van der Waals surface area contributed by atoms with E-state index in [2.05, 4.69) is 27.3 Å². The number of quaternary nitrogens is 1. The molecular formula is C15H18BrN2O2S+. The molecule has 1 aromatic heterocycles. The average molecular weight is 370 g/mol. The molecule has 1 heterocycles. The maximum Gasteiger partial charge on any atom is 0.279 e. The Morgan fingerprint density at radius 3 is 2.76 bits per heavy atom. The molecular weight excluding hydrogens is 352 g/mol. The lowest BCUT2D eigenvalue weighted by Gasteiger charge is -2.14. The van der Waals surface area contributed by atoms with Gasteiger partial charge < -0.3 is 15.0 Å². The normalized spacial score (nSPS) is 12.0. The number of carbonyl (C=O) groups excluding carboxylic acids is 1. The molecule has 0 bridgehead atoms. The summed E-state index contributed by atoms with van der Waals surface area (Å²) in [6.45, 7) is 1.24. The molecule has 2 N–H and O–H groups in total. The molecule has 6 heteroatoms. The van der Waals surface area contributed by atoms with Crippen LogP contribution in [0.15, 0.2) is 40.2 Å². The molecule has 2 rings (SSSR count). The van der Waals surface area contributed by atoms with Crippen LogP contribution >= 0.6 is 27.3 Å². The second-order valence-corrected chi connectivity index (χ2v) is 7.31. The molecule has 0 aliphatic carbocycles. The Labute approximate surface area is 136 Å². The monoisotopic (exact) mass is 369 g/mol. The third-order valence-electron chi connectivity index (χ3n) is 2.95. The standard InChI is InChI=1S/C15H17BrN2O2S/c1-18(9-11-7-8-14(16)21-11)10-15(19)17-12-5-3-4-6-13(12)20-2/h3-8H,9-10H2,1-2H3,(H,17,19)/p+1. The summed E-state index contributed by atoms with van der Waals surface area (Å²) >= 11 is 5.15. The van der Waals surface area contributed by atoms with Crippen molar-refractivity contribution >= 4 is 38.9 Å². The maximum absolute atomic E-state index is 12.1. The molecule has 2 aromatic rings. The summed E-state index contributed by atoms with van der Waals surface area (Å²) in [6, 6.07) is 11.5. The molecule has 0 radical (unpaired) electrons. The van der Waals surface area contributed by atoms with E-state index in [4.69, 9.17) is 4.74 Å². The van der Waals surface area contributed by atoms with E-state index in [0.29, 0.717) is 18.0 Å². The number of carbonyl (C=O) groups is 1. The molecule has 21 heavy (non-hydrogen) atoms. The van der Waals surface area contributed by atoms with Gasteiger partial charge in [0.2, 0.25) is 0 Å². The van der Waals surface area contributed by atoms with Gasteiger partial charge in [-0.1, -0.05) is 12.1 Å². The summed E-state index contributed by atoms with van der Waals surface area (Å²) in [5, 5.41) is 2.89. The van der Waals surface area contributed by atoms with Gasteiger partial charge in [0.1, 0.15) is 12.3 Å². The lowest BCUT2D eigenvalue weighted by atomic mass is 10.3. The number of nitrogens with one attached hydrogen (secondary N) is 2. The number of methoxy groups -OCH3 is 1. The number of thiophene rings is 1. The van der Waals surface area contributed by atoms with E-state index >= 15 is 0 Å². The van der Waals surface area contributed by atoms with Gasteiger partial charge in [-0.2, -0.15) is 0 Å². The molecule has 1 unspecified atom stereocenters. The van der Waals surface area contributed by atoms with E-state index in [9.17, 15) is 4.79 Å². The van der Waals surface area contributed by atoms with Crippen molar-refractivity contribution in [2.75, 3.05) is 26.0 Å². The van der Waals surface area contributed by atoms with Crippen LogP contribution in [-0.4, -0.2) is 26.6 Å². The van der Waals surface area contributed by atoms with Gasteiger partial charge in [0.05, 0.1) is 28.5 Å². The zero-order chi connectivity index (χ0) is 15.2. The molecule has 1 aromatic carbocycles. The largest absolute Gasteiger partial charge is 0.495 e. The summed E-state index contributed by atoms with van der Waals surface area (Å²) in [4.78, 5) is 14.5. The van der Waals surface area contributed by atoms with E-state index in [1.165, 1.54) is 4.88 Å². The molecule has 112 valence electrons. The van der Waals surface area contributed by atoms with Gasteiger partial charge in [0, 0.05) is 0 Å². The minimum Gasteiger partial charge on any atom is -0.495 e. The van der Waals surface area contributed by atoms with Gasteiger partial charge in [0.25, 0.3) is 5.91 Å². The first kappa shape index (κ1) is 16.0. The Bertz CT molecular complexity index is 615. The zero-order valence-electron chi connectivity index (χ0n) is 12.0. The first-order valence-electron chi connectivity index (χ1n) is 6.57. The fourth-order valence-electron chi connectivity index (χ4n) is 2.02. The van der Waals surface area contributed by atoms with Gasteiger partial charge in [0.15, 0.2) is 6.54 Å². The molecule has 4 nitrogen and oxygen atoms in total. The van der Waals surface area contributed by atoms with Crippen LogP contribution in [0.5, 0.6) is 5.75 Å². The Kier molecular flexibility index (Phi) is 5.78. The molecule has 0 aliphatic rings. The molecule has 1 amide bonds. The summed E-state index contributed by atoms with van der Waals surface area (Å²) in [5.74, 6) is 0.651. The van der Waals surface area contributed by atoms with E-state index in [1.54, 1.807) is 18.4 Å². The molecule has 0 fully saturated rings. The average Bonchev–Trinajstić information content (AvgIpc) is 2.84. The second kappa shape index (κ2) is 7.59. The highest BCUT2D eigenvalue weighted by atomic mass is 79.9. The van der Waals surface area contributed by atoms with Crippen LogP contribution in [0.4, 0.5) is 5.69 Å². The number of anilines is 1. The van der Waals surface area contributed by atoms with Crippen LogP contribution < -0.4 is 15.0 Å². The Morgan fingerprint density at radius 2 is 2.10 bits per heavy atom. The smallest absolute Gasteiger partial charge is 0.279 e. The van der Waals surface area contributed by atoms with Crippen molar-refractivity contribution in [1.29, 1.82) is 0 Å². The number of benzene rings is 1. The lowest BCUT2D eigenvalue weighted by Crippen LogP contribution is -3.08. The number of amides is 1. The fourth-order valence-corrected chi connectivity index (χ4v) is 3.62. The first-order chi connectivity index (χ1) is 10.1. The molecule has 0 aliphatic heterocycles. The van der Waals surface area contributed by atoms with Gasteiger partial charge in [-0.25, -0.2) is 0 Å². The highest BCUT2D eigenvalue weighted by molar-refractivity contribution is 9.11. The third-order valence-corrected chi connectivity index (χ3v) is 4.57. The van der Waals surface area contributed by atoms with Crippen molar-refractivity contribution in [3.63, 3.8) is 0 Å². The Morgan fingerprint density at radius 1 is 1.33 bits per heavy atom. The predicted octanol–water partition coefficient (Wildman–Crippen LogP) is 2.17. The SMILES string of the molecule is COc1ccccc1NC(=O)C[NH+](C)Cc1ccc(Br)s1. The van der Waals surface area contributed by atoms with E-state index in [-0.39, 0.29) is 5.91 Å². The van der Waals surface area contributed by atoms with Crippen molar-refractivity contribution in [1.82, 2.24) is 0 Å². The Balaban J connectivity index is 1.89. The number of likely N-dealkylation sites (N-methyl/N-ethyl adjacent to an activating group) is 1. The highest BCUT2D eigenvalue weighted by Crippen LogP contribution is 2.23. The number of halogens is 1. The summed E-state index contributed by atoms with van der Waals surface area (Å²) in [7, 11) is 3.60. The second-order valence-electron chi connectivity index (χ2n) is 4.76. The van der Waals surface area contributed by atoms with Crippen LogP contribution in [0.2, 0.25) is 0 Å².